The molecule has 86 valence electrons. The van der Waals surface area contributed by atoms with E-state index in [0.717, 1.165) is 5.57 Å². The van der Waals surface area contributed by atoms with Crippen LogP contribution in [0.25, 0.3) is 0 Å². The summed E-state index contributed by atoms with van der Waals surface area (Å²) in [4.78, 5) is 10.6. The van der Waals surface area contributed by atoms with Gasteiger partial charge in [0.2, 0.25) is 0 Å². The van der Waals surface area contributed by atoms with Gasteiger partial charge in [0.1, 0.15) is 12.7 Å². The minimum Gasteiger partial charge on any atom is -0.461 e. The average molecular weight is 214 g/mol. The molecule has 1 saturated heterocycles. The van der Waals surface area contributed by atoms with E-state index in [1.807, 2.05) is 26.8 Å². The Morgan fingerprint density at radius 2 is 2.20 bits per heavy atom. The molecule has 0 N–H and O–H groups in total. The normalized spacial score (nSPS) is 25.3. The highest BCUT2D eigenvalue weighted by Crippen LogP contribution is 2.23. The van der Waals surface area contributed by atoms with Crippen molar-refractivity contribution in [2.45, 2.75) is 39.6 Å². The van der Waals surface area contributed by atoms with E-state index in [-0.39, 0.29) is 12.1 Å². The summed E-state index contributed by atoms with van der Waals surface area (Å²) >= 11 is 0. The van der Waals surface area contributed by atoms with Crippen LogP contribution >= 0.6 is 0 Å². The minimum absolute atomic E-state index is 0.0458. The quantitative estimate of drug-likeness (QED) is 0.529. The fraction of sp³-hybridized carbons (Fsp3) is 0.727. The monoisotopic (exact) mass is 214 g/mol. The van der Waals surface area contributed by atoms with Crippen LogP contribution in [0.3, 0.4) is 0 Å². The molecule has 0 aromatic carbocycles. The Hall–Kier alpha value is -0.870. The summed E-state index contributed by atoms with van der Waals surface area (Å²) in [5.74, 6) is -0.783. The molecule has 0 aliphatic carbocycles. The fourth-order valence-corrected chi connectivity index (χ4v) is 1.38. The van der Waals surface area contributed by atoms with E-state index in [1.165, 1.54) is 6.92 Å². The molecule has 0 spiro atoms. The minimum atomic E-state index is -0.511. The van der Waals surface area contributed by atoms with Gasteiger partial charge in [0.15, 0.2) is 5.79 Å². The summed E-state index contributed by atoms with van der Waals surface area (Å²) in [6, 6.07) is 0. The predicted octanol–water partition coefficient (Wildman–Crippen LogP) is 1.65. The van der Waals surface area contributed by atoms with Gasteiger partial charge >= 0.3 is 5.97 Å². The lowest BCUT2D eigenvalue weighted by atomic mass is 10.2. The van der Waals surface area contributed by atoms with Crippen molar-refractivity contribution >= 4 is 5.97 Å². The SMILES string of the molecule is CC(=O)OC/C(C)=C/[C@@H]1COC(C)(C)O1. The number of carbonyl (C=O) groups is 1. The van der Waals surface area contributed by atoms with Crippen molar-refractivity contribution in [2.24, 2.45) is 0 Å². The van der Waals surface area contributed by atoms with Crippen LogP contribution in [0, 0.1) is 0 Å². The third-order valence-electron chi connectivity index (χ3n) is 2.00. The Morgan fingerprint density at radius 1 is 1.53 bits per heavy atom. The molecule has 0 aromatic rings. The van der Waals surface area contributed by atoms with Gasteiger partial charge in [-0.3, -0.25) is 4.79 Å². The zero-order chi connectivity index (χ0) is 11.5. The molecule has 1 rings (SSSR count). The first-order valence-corrected chi connectivity index (χ1v) is 5.01. The molecular weight excluding hydrogens is 196 g/mol. The van der Waals surface area contributed by atoms with Gasteiger partial charge in [-0.15, -0.1) is 0 Å². The van der Waals surface area contributed by atoms with Gasteiger partial charge in [0.05, 0.1) is 6.61 Å². The van der Waals surface area contributed by atoms with Crippen LogP contribution in [0.2, 0.25) is 0 Å². The Balaban J connectivity index is 2.39. The van der Waals surface area contributed by atoms with Gasteiger partial charge in [0.25, 0.3) is 0 Å². The second-order valence-electron chi connectivity index (χ2n) is 4.16. The first kappa shape index (κ1) is 12.2. The van der Waals surface area contributed by atoms with Crippen molar-refractivity contribution in [2.75, 3.05) is 13.2 Å². The summed E-state index contributed by atoms with van der Waals surface area (Å²) < 4.78 is 15.9. The van der Waals surface area contributed by atoms with Crippen LogP contribution in [-0.4, -0.2) is 31.1 Å². The number of carbonyl (C=O) groups excluding carboxylic acids is 1. The molecule has 1 aliphatic heterocycles. The van der Waals surface area contributed by atoms with Crippen molar-refractivity contribution in [3.05, 3.63) is 11.6 Å². The van der Waals surface area contributed by atoms with E-state index in [4.69, 9.17) is 14.2 Å². The first-order chi connectivity index (χ1) is 6.89. The Morgan fingerprint density at radius 3 is 2.67 bits per heavy atom. The second kappa shape index (κ2) is 4.77. The van der Waals surface area contributed by atoms with E-state index in [2.05, 4.69) is 0 Å². The van der Waals surface area contributed by atoms with Crippen LogP contribution in [0.5, 0.6) is 0 Å². The summed E-state index contributed by atoms with van der Waals surface area (Å²) in [5.41, 5.74) is 0.969. The molecule has 1 heterocycles. The number of esters is 1. The topological polar surface area (TPSA) is 44.8 Å². The van der Waals surface area contributed by atoms with Crippen molar-refractivity contribution in [1.29, 1.82) is 0 Å². The average Bonchev–Trinajstić information content (AvgIpc) is 2.42. The number of hydrogen-bond acceptors (Lipinski definition) is 4. The van der Waals surface area contributed by atoms with Crippen LogP contribution in [-0.2, 0) is 19.0 Å². The van der Waals surface area contributed by atoms with E-state index in [1.54, 1.807) is 0 Å². The molecule has 1 fully saturated rings. The summed E-state index contributed by atoms with van der Waals surface area (Å²) in [5, 5.41) is 0. The number of hydrogen-bond donors (Lipinski definition) is 0. The van der Waals surface area contributed by atoms with Crippen molar-refractivity contribution in [3.8, 4) is 0 Å². The molecule has 1 aliphatic rings. The molecule has 0 aromatic heterocycles. The maximum absolute atomic E-state index is 10.6. The standard InChI is InChI=1S/C11H18O4/c1-8(6-13-9(2)12)5-10-7-14-11(3,4)15-10/h5,10H,6-7H2,1-4H3/b8-5+/t10-/m1/s1. The van der Waals surface area contributed by atoms with Crippen molar-refractivity contribution in [3.63, 3.8) is 0 Å². The van der Waals surface area contributed by atoms with Gasteiger partial charge in [-0.25, -0.2) is 0 Å². The fourth-order valence-electron chi connectivity index (χ4n) is 1.38. The van der Waals surface area contributed by atoms with Gasteiger partial charge in [-0.2, -0.15) is 0 Å². The van der Waals surface area contributed by atoms with E-state index < -0.39 is 5.79 Å². The highest BCUT2D eigenvalue weighted by molar-refractivity contribution is 5.66. The molecule has 0 saturated carbocycles. The van der Waals surface area contributed by atoms with Gasteiger partial charge in [-0.05, 0) is 26.3 Å². The second-order valence-corrected chi connectivity index (χ2v) is 4.16. The Kier molecular flexibility index (Phi) is 3.88. The molecule has 0 radical (unpaired) electrons. The van der Waals surface area contributed by atoms with Gasteiger partial charge in [0, 0.05) is 6.92 Å². The van der Waals surface area contributed by atoms with Crippen LogP contribution in [0.1, 0.15) is 27.7 Å². The molecule has 15 heavy (non-hydrogen) atoms. The zero-order valence-corrected chi connectivity index (χ0v) is 9.70. The van der Waals surface area contributed by atoms with Crippen LogP contribution in [0.4, 0.5) is 0 Å². The largest absolute Gasteiger partial charge is 0.461 e. The van der Waals surface area contributed by atoms with Crippen LogP contribution in [0.15, 0.2) is 11.6 Å². The summed E-state index contributed by atoms with van der Waals surface area (Å²) in [6.07, 6.45) is 1.88. The van der Waals surface area contributed by atoms with Gasteiger partial charge < -0.3 is 14.2 Å². The highest BCUT2D eigenvalue weighted by Gasteiger charge is 2.31. The predicted molar refractivity (Wildman–Crippen MR) is 55.3 cm³/mol. The molecule has 0 bridgehead atoms. The van der Waals surface area contributed by atoms with E-state index in [9.17, 15) is 4.79 Å². The van der Waals surface area contributed by atoms with Crippen molar-refractivity contribution < 1.29 is 19.0 Å². The third kappa shape index (κ3) is 4.44. The van der Waals surface area contributed by atoms with E-state index >= 15 is 0 Å². The summed E-state index contributed by atoms with van der Waals surface area (Å²) in [7, 11) is 0. The molecule has 0 amide bonds. The molecule has 4 nitrogen and oxygen atoms in total. The van der Waals surface area contributed by atoms with E-state index in [0.29, 0.717) is 13.2 Å². The molecular formula is C11H18O4. The highest BCUT2D eigenvalue weighted by atomic mass is 16.7. The molecule has 1 atom stereocenters. The Labute approximate surface area is 90.2 Å². The van der Waals surface area contributed by atoms with Gasteiger partial charge in [-0.1, -0.05) is 6.08 Å². The Bertz CT molecular complexity index is 268. The van der Waals surface area contributed by atoms with Crippen LogP contribution < -0.4 is 0 Å². The molecule has 4 heteroatoms. The first-order valence-electron chi connectivity index (χ1n) is 5.01. The molecule has 0 unspecified atom stereocenters. The smallest absolute Gasteiger partial charge is 0.302 e. The third-order valence-corrected chi connectivity index (χ3v) is 2.00. The lowest BCUT2D eigenvalue weighted by molar-refractivity contribution is -0.140. The number of ether oxygens (including phenoxy) is 3. The maximum atomic E-state index is 10.6. The lowest BCUT2D eigenvalue weighted by Crippen LogP contribution is -2.21. The number of rotatable bonds is 3. The lowest BCUT2D eigenvalue weighted by Gasteiger charge is -2.16. The maximum Gasteiger partial charge on any atom is 0.302 e. The zero-order valence-electron chi connectivity index (χ0n) is 9.70. The van der Waals surface area contributed by atoms with Crippen molar-refractivity contribution in [1.82, 2.24) is 0 Å². The summed E-state index contributed by atoms with van der Waals surface area (Å²) in [6.45, 7) is 7.91.